The second-order valence-electron chi connectivity index (χ2n) is 4.34. The van der Waals surface area contributed by atoms with Crippen molar-refractivity contribution in [2.24, 2.45) is 0 Å². The van der Waals surface area contributed by atoms with Gasteiger partial charge in [0, 0.05) is 33.0 Å². The minimum Gasteiger partial charge on any atom is -0.331 e. The molecule has 0 fully saturated rings. The zero-order valence-corrected chi connectivity index (χ0v) is 12.6. The standard InChI is InChI=1S/C13H28O3S/c1-5-6-7-9-12(17)10-8-11-13(14-2,15-3)16-4/h12,17H,5-11H2,1-4H3. The SMILES string of the molecule is CCCCCC(S)CCCC(OC)(OC)OC. The van der Waals surface area contributed by atoms with E-state index in [0.717, 1.165) is 19.3 Å². The second-order valence-corrected chi connectivity index (χ2v) is 5.07. The molecule has 0 aromatic carbocycles. The van der Waals surface area contributed by atoms with Crippen molar-refractivity contribution in [3.63, 3.8) is 0 Å². The Hall–Kier alpha value is 0.230. The predicted octanol–water partition coefficient (Wildman–Crippen LogP) is 3.63. The van der Waals surface area contributed by atoms with E-state index in [1.165, 1.54) is 25.7 Å². The van der Waals surface area contributed by atoms with Gasteiger partial charge in [-0.15, -0.1) is 0 Å². The number of ether oxygens (including phenoxy) is 3. The maximum absolute atomic E-state index is 5.25. The summed E-state index contributed by atoms with van der Waals surface area (Å²) in [6, 6.07) is 0. The molecule has 0 heterocycles. The first-order valence-electron chi connectivity index (χ1n) is 6.47. The number of hydrogen-bond acceptors (Lipinski definition) is 4. The molecule has 0 aliphatic rings. The summed E-state index contributed by atoms with van der Waals surface area (Å²) in [6.07, 6.45) is 7.84. The maximum atomic E-state index is 5.25. The molecule has 0 saturated carbocycles. The Morgan fingerprint density at radius 2 is 1.47 bits per heavy atom. The highest BCUT2D eigenvalue weighted by Gasteiger charge is 2.28. The minimum absolute atomic E-state index is 0.477. The van der Waals surface area contributed by atoms with Gasteiger partial charge in [-0.1, -0.05) is 26.2 Å². The van der Waals surface area contributed by atoms with E-state index >= 15 is 0 Å². The van der Waals surface area contributed by atoms with E-state index in [-0.39, 0.29) is 0 Å². The average Bonchev–Trinajstić information content (AvgIpc) is 2.36. The first-order chi connectivity index (χ1) is 8.14. The van der Waals surface area contributed by atoms with Crippen molar-refractivity contribution in [2.75, 3.05) is 21.3 Å². The quantitative estimate of drug-likeness (QED) is 0.351. The van der Waals surface area contributed by atoms with Crippen molar-refractivity contribution in [2.45, 2.75) is 63.1 Å². The molecule has 4 heteroatoms. The smallest absolute Gasteiger partial charge is 0.282 e. The van der Waals surface area contributed by atoms with Crippen LogP contribution in [0, 0.1) is 0 Å². The van der Waals surface area contributed by atoms with E-state index in [1.54, 1.807) is 21.3 Å². The molecular weight excluding hydrogens is 236 g/mol. The molecule has 0 aliphatic heterocycles. The number of hydrogen-bond donors (Lipinski definition) is 1. The summed E-state index contributed by atoms with van der Waals surface area (Å²) in [6.45, 7) is 2.22. The third kappa shape index (κ3) is 7.29. The Morgan fingerprint density at radius 3 is 1.94 bits per heavy atom. The Kier molecular flexibility index (Phi) is 10.3. The van der Waals surface area contributed by atoms with Gasteiger partial charge in [0.1, 0.15) is 0 Å². The molecule has 104 valence electrons. The molecule has 3 nitrogen and oxygen atoms in total. The number of methoxy groups -OCH3 is 3. The van der Waals surface area contributed by atoms with Crippen LogP contribution in [0.15, 0.2) is 0 Å². The monoisotopic (exact) mass is 264 g/mol. The van der Waals surface area contributed by atoms with Crippen LogP contribution in [0.3, 0.4) is 0 Å². The van der Waals surface area contributed by atoms with Crippen LogP contribution >= 0.6 is 12.6 Å². The van der Waals surface area contributed by atoms with Crippen LogP contribution in [-0.2, 0) is 14.2 Å². The van der Waals surface area contributed by atoms with Gasteiger partial charge in [0.25, 0.3) is 5.97 Å². The second kappa shape index (κ2) is 10.2. The summed E-state index contributed by atoms with van der Waals surface area (Å²) < 4.78 is 15.7. The lowest BCUT2D eigenvalue weighted by atomic mass is 10.1. The summed E-state index contributed by atoms with van der Waals surface area (Å²) >= 11 is 4.60. The van der Waals surface area contributed by atoms with Crippen LogP contribution in [0.25, 0.3) is 0 Å². The van der Waals surface area contributed by atoms with Crippen molar-refractivity contribution < 1.29 is 14.2 Å². The van der Waals surface area contributed by atoms with Crippen molar-refractivity contribution in [1.29, 1.82) is 0 Å². The van der Waals surface area contributed by atoms with Crippen molar-refractivity contribution in [3.8, 4) is 0 Å². The first-order valence-corrected chi connectivity index (χ1v) is 6.99. The van der Waals surface area contributed by atoms with Gasteiger partial charge in [0.15, 0.2) is 0 Å². The number of thiol groups is 1. The normalized spacial score (nSPS) is 13.9. The van der Waals surface area contributed by atoms with Crippen LogP contribution < -0.4 is 0 Å². The molecule has 0 amide bonds. The van der Waals surface area contributed by atoms with Gasteiger partial charge in [-0.05, 0) is 19.3 Å². The van der Waals surface area contributed by atoms with E-state index in [2.05, 4.69) is 19.6 Å². The number of rotatable bonds is 11. The highest BCUT2D eigenvalue weighted by molar-refractivity contribution is 7.80. The van der Waals surface area contributed by atoms with E-state index in [0.29, 0.717) is 5.25 Å². The summed E-state index contributed by atoms with van der Waals surface area (Å²) in [5.41, 5.74) is 0. The average molecular weight is 264 g/mol. The van der Waals surface area contributed by atoms with Gasteiger partial charge >= 0.3 is 0 Å². The highest BCUT2D eigenvalue weighted by Crippen LogP contribution is 2.23. The molecule has 0 saturated heterocycles. The van der Waals surface area contributed by atoms with Crippen LogP contribution in [-0.4, -0.2) is 32.6 Å². The Morgan fingerprint density at radius 1 is 0.941 bits per heavy atom. The van der Waals surface area contributed by atoms with E-state index in [4.69, 9.17) is 14.2 Å². The van der Waals surface area contributed by atoms with Gasteiger partial charge < -0.3 is 14.2 Å². The zero-order chi connectivity index (χ0) is 13.1. The molecule has 0 bridgehead atoms. The lowest BCUT2D eigenvalue weighted by Crippen LogP contribution is -2.35. The van der Waals surface area contributed by atoms with Crippen molar-refractivity contribution in [3.05, 3.63) is 0 Å². The summed E-state index contributed by atoms with van der Waals surface area (Å²) in [5, 5.41) is 0.477. The fraction of sp³-hybridized carbons (Fsp3) is 1.00. The summed E-state index contributed by atoms with van der Waals surface area (Å²) in [5.74, 6) is -0.878. The van der Waals surface area contributed by atoms with Gasteiger partial charge in [-0.25, -0.2) is 0 Å². The fourth-order valence-electron chi connectivity index (χ4n) is 1.88. The summed E-state index contributed by atoms with van der Waals surface area (Å²) in [4.78, 5) is 0. The molecule has 0 N–H and O–H groups in total. The molecule has 0 aromatic rings. The van der Waals surface area contributed by atoms with Crippen LogP contribution in [0.4, 0.5) is 0 Å². The van der Waals surface area contributed by atoms with E-state index < -0.39 is 5.97 Å². The fourth-order valence-corrected chi connectivity index (χ4v) is 2.25. The van der Waals surface area contributed by atoms with Crippen LogP contribution in [0.2, 0.25) is 0 Å². The topological polar surface area (TPSA) is 27.7 Å². The third-order valence-electron chi connectivity index (χ3n) is 3.09. The molecule has 1 atom stereocenters. The van der Waals surface area contributed by atoms with Gasteiger partial charge in [0.2, 0.25) is 0 Å². The molecule has 1 unspecified atom stereocenters. The Labute approximate surface area is 112 Å². The molecule has 17 heavy (non-hydrogen) atoms. The van der Waals surface area contributed by atoms with E-state index in [1.807, 2.05) is 0 Å². The van der Waals surface area contributed by atoms with Crippen LogP contribution in [0.5, 0.6) is 0 Å². The Balaban J connectivity index is 3.73. The lowest BCUT2D eigenvalue weighted by Gasteiger charge is -2.28. The molecule has 0 spiro atoms. The lowest BCUT2D eigenvalue weighted by molar-refractivity contribution is -0.355. The predicted molar refractivity (Wildman–Crippen MR) is 74.5 cm³/mol. The van der Waals surface area contributed by atoms with Crippen LogP contribution in [0.1, 0.15) is 51.9 Å². The molecule has 0 aromatic heterocycles. The van der Waals surface area contributed by atoms with Gasteiger partial charge in [-0.3, -0.25) is 0 Å². The molecule has 0 rings (SSSR count). The molecule has 0 aliphatic carbocycles. The van der Waals surface area contributed by atoms with Crippen molar-refractivity contribution >= 4 is 12.6 Å². The largest absolute Gasteiger partial charge is 0.331 e. The van der Waals surface area contributed by atoms with Gasteiger partial charge in [-0.2, -0.15) is 12.6 Å². The highest BCUT2D eigenvalue weighted by atomic mass is 32.1. The summed E-state index contributed by atoms with van der Waals surface area (Å²) in [7, 11) is 4.81. The van der Waals surface area contributed by atoms with E-state index in [9.17, 15) is 0 Å². The minimum atomic E-state index is -0.878. The zero-order valence-electron chi connectivity index (χ0n) is 11.7. The Bertz CT molecular complexity index is 164. The molecular formula is C13H28O3S. The number of unbranched alkanes of at least 4 members (excludes halogenated alkanes) is 2. The third-order valence-corrected chi connectivity index (χ3v) is 3.61. The van der Waals surface area contributed by atoms with Crippen molar-refractivity contribution in [1.82, 2.24) is 0 Å². The maximum Gasteiger partial charge on any atom is 0.282 e. The van der Waals surface area contributed by atoms with Gasteiger partial charge in [0.05, 0.1) is 0 Å². The molecule has 0 radical (unpaired) electrons. The first kappa shape index (κ1) is 17.2.